The topological polar surface area (TPSA) is 40.9 Å². The van der Waals surface area contributed by atoms with Crippen LogP contribution in [0.4, 0.5) is 4.39 Å². The lowest BCUT2D eigenvalue weighted by Crippen LogP contribution is -1.88. The van der Waals surface area contributed by atoms with Gasteiger partial charge in [0.25, 0.3) is 0 Å². The zero-order valence-corrected chi connectivity index (χ0v) is 8.85. The quantitative estimate of drug-likeness (QED) is 0.736. The highest BCUT2D eigenvalue weighted by molar-refractivity contribution is 5.77. The van der Waals surface area contributed by atoms with Crippen LogP contribution in [0.25, 0.3) is 11.1 Å². The van der Waals surface area contributed by atoms with Crippen LogP contribution in [0.1, 0.15) is 15.9 Å². The van der Waals surface area contributed by atoms with Gasteiger partial charge in [0, 0.05) is 11.1 Å². The number of benzene rings is 2. The first-order valence-electron chi connectivity index (χ1n) is 5.00. The molecule has 82 valence electrons. The summed E-state index contributed by atoms with van der Waals surface area (Å²) in [5, 5.41) is 8.77. The summed E-state index contributed by atoms with van der Waals surface area (Å²) < 4.78 is 13.7. The van der Waals surface area contributed by atoms with Gasteiger partial charge in [-0.2, -0.15) is 5.26 Å². The zero-order chi connectivity index (χ0) is 12.3. The number of hydrogen-bond donors (Lipinski definition) is 0. The Morgan fingerprint density at radius 3 is 2.65 bits per heavy atom. The van der Waals surface area contributed by atoms with Crippen molar-refractivity contribution in [1.82, 2.24) is 0 Å². The van der Waals surface area contributed by atoms with Crippen LogP contribution in [0.3, 0.4) is 0 Å². The van der Waals surface area contributed by atoms with Gasteiger partial charge in [0.2, 0.25) is 0 Å². The number of nitriles is 1. The van der Waals surface area contributed by atoms with Gasteiger partial charge in [0.05, 0.1) is 11.6 Å². The number of nitrogens with zero attached hydrogens (tertiary/aromatic N) is 1. The van der Waals surface area contributed by atoms with E-state index in [0.29, 0.717) is 28.5 Å². The van der Waals surface area contributed by atoms with Crippen molar-refractivity contribution >= 4 is 6.29 Å². The predicted molar refractivity (Wildman–Crippen MR) is 61.9 cm³/mol. The van der Waals surface area contributed by atoms with Gasteiger partial charge in [0.1, 0.15) is 12.1 Å². The molecule has 0 fully saturated rings. The highest BCUT2D eigenvalue weighted by Crippen LogP contribution is 2.24. The third-order valence-corrected chi connectivity index (χ3v) is 2.43. The summed E-state index contributed by atoms with van der Waals surface area (Å²) in [5.41, 5.74) is 1.77. The van der Waals surface area contributed by atoms with E-state index in [0.717, 1.165) is 0 Å². The van der Waals surface area contributed by atoms with Crippen LogP contribution in [0.15, 0.2) is 42.5 Å². The van der Waals surface area contributed by atoms with Crippen LogP contribution in [0.2, 0.25) is 0 Å². The molecule has 0 saturated heterocycles. The largest absolute Gasteiger partial charge is 0.298 e. The maximum Gasteiger partial charge on any atom is 0.150 e. The minimum Gasteiger partial charge on any atom is -0.298 e. The highest BCUT2D eigenvalue weighted by atomic mass is 19.1. The van der Waals surface area contributed by atoms with Gasteiger partial charge in [-0.1, -0.05) is 24.3 Å². The molecule has 0 amide bonds. The van der Waals surface area contributed by atoms with Gasteiger partial charge in [-0.25, -0.2) is 4.39 Å². The summed E-state index contributed by atoms with van der Waals surface area (Å²) in [4.78, 5) is 10.5. The molecule has 0 radical (unpaired) electrons. The number of hydrogen-bond acceptors (Lipinski definition) is 2. The second-order valence-electron chi connectivity index (χ2n) is 3.55. The second-order valence-corrected chi connectivity index (χ2v) is 3.55. The Morgan fingerprint density at radius 1 is 1.18 bits per heavy atom. The maximum absolute atomic E-state index is 13.7. The zero-order valence-electron chi connectivity index (χ0n) is 8.85. The molecule has 0 aliphatic rings. The summed E-state index contributed by atoms with van der Waals surface area (Å²) >= 11 is 0. The second kappa shape index (κ2) is 4.58. The van der Waals surface area contributed by atoms with Gasteiger partial charge < -0.3 is 0 Å². The molecular weight excluding hydrogens is 217 g/mol. The number of rotatable bonds is 2. The number of aldehydes is 1. The van der Waals surface area contributed by atoms with Gasteiger partial charge in [-0.05, 0) is 23.8 Å². The molecule has 0 bridgehead atoms. The monoisotopic (exact) mass is 225 g/mol. The van der Waals surface area contributed by atoms with Crippen molar-refractivity contribution in [2.24, 2.45) is 0 Å². The third-order valence-electron chi connectivity index (χ3n) is 2.43. The summed E-state index contributed by atoms with van der Waals surface area (Å²) in [5.74, 6) is -0.468. The maximum atomic E-state index is 13.7. The van der Waals surface area contributed by atoms with Crippen molar-refractivity contribution in [3.8, 4) is 17.2 Å². The molecule has 0 heterocycles. The summed E-state index contributed by atoms with van der Waals surface area (Å²) in [6.07, 6.45) is 0.596. The number of carbonyl (C=O) groups excluding carboxylic acids is 1. The molecule has 0 atom stereocenters. The first kappa shape index (κ1) is 11.0. The molecule has 0 saturated carbocycles. The molecule has 0 N–H and O–H groups in total. The van der Waals surface area contributed by atoms with Crippen molar-refractivity contribution in [3.05, 3.63) is 59.4 Å². The van der Waals surface area contributed by atoms with Crippen LogP contribution in [-0.4, -0.2) is 6.29 Å². The molecule has 0 spiro atoms. The molecule has 0 aliphatic carbocycles. The van der Waals surface area contributed by atoms with Crippen molar-refractivity contribution < 1.29 is 9.18 Å². The Labute approximate surface area is 97.9 Å². The summed E-state index contributed by atoms with van der Waals surface area (Å²) in [6, 6.07) is 12.9. The van der Waals surface area contributed by atoms with E-state index in [-0.39, 0.29) is 0 Å². The van der Waals surface area contributed by atoms with Crippen molar-refractivity contribution in [2.75, 3.05) is 0 Å². The lowest BCUT2D eigenvalue weighted by atomic mass is 10.0. The average Bonchev–Trinajstić information content (AvgIpc) is 2.38. The standard InChI is InChI=1S/C14H8FNO/c15-14-7-11(9-17)4-5-13(14)12-3-1-2-10(6-12)8-16/h1-7,9H. The fourth-order valence-corrected chi connectivity index (χ4v) is 1.60. The Morgan fingerprint density at radius 2 is 2.00 bits per heavy atom. The molecule has 2 nitrogen and oxygen atoms in total. The van der Waals surface area contributed by atoms with Crippen LogP contribution in [0.5, 0.6) is 0 Å². The number of carbonyl (C=O) groups is 1. The number of halogens is 1. The highest BCUT2D eigenvalue weighted by Gasteiger charge is 2.06. The smallest absolute Gasteiger partial charge is 0.150 e. The van der Waals surface area contributed by atoms with E-state index < -0.39 is 5.82 Å². The fraction of sp³-hybridized carbons (Fsp3) is 0. The van der Waals surface area contributed by atoms with Crippen LogP contribution >= 0.6 is 0 Å². The molecule has 2 rings (SSSR count). The Kier molecular flexibility index (Phi) is 2.97. The van der Waals surface area contributed by atoms with E-state index in [2.05, 4.69) is 0 Å². The first-order chi connectivity index (χ1) is 8.24. The van der Waals surface area contributed by atoms with Crippen molar-refractivity contribution in [3.63, 3.8) is 0 Å². The minimum absolute atomic E-state index is 0.294. The fourth-order valence-electron chi connectivity index (χ4n) is 1.60. The lowest BCUT2D eigenvalue weighted by Gasteiger charge is -2.04. The SMILES string of the molecule is N#Cc1cccc(-c2ccc(C=O)cc2F)c1. The normalized spacial score (nSPS) is 9.65. The molecule has 2 aromatic carbocycles. The molecule has 0 aromatic heterocycles. The molecule has 3 heteroatoms. The molecular formula is C14H8FNO. The van der Waals surface area contributed by atoms with E-state index in [1.54, 1.807) is 30.3 Å². The van der Waals surface area contributed by atoms with Crippen LogP contribution in [0, 0.1) is 17.1 Å². The van der Waals surface area contributed by atoms with E-state index in [9.17, 15) is 9.18 Å². The lowest BCUT2D eigenvalue weighted by molar-refractivity contribution is 0.112. The molecule has 17 heavy (non-hydrogen) atoms. The third kappa shape index (κ3) is 2.21. The minimum atomic E-state index is -0.468. The van der Waals surface area contributed by atoms with Gasteiger partial charge in [-0.3, -0.25) is 4.79 Å². The molecule has 0 unspecified atom stereocenters. The van der Waals surface area contributed by atoms with Crippen LogP contribution < -0.4 is 0 Å². The van der Waals surface area contributed by atoms with Crippen molar-refractivity contribution in [2.45, 2.75) is 0 Å². The van der Waals surface area contributed by atoms with Gasteiger partial charge >= 0.3 is 0 Å². The van der Waals surface area contributed by atoms with Gasteiger partial charge in [0.15, 0.2) is 0 Å². The van der Waals surface area contributed by atoms with E-state index in [1.165, 1.54) is 12.1 Å². The predicted octanol–water partition coefficient (Wildman–Crippen LogP) is 3.18. The Balaban J connectivity index is 2.53. The summed E-state index contributed by atoms with van der Waals surface area (Å²) in [7, 11) is 0. The average molecular weight is 225 g/mol. The van der Waals surface area contributed by atoms with E-state index in [4.69, 9.17) is 5.26 Å². The Bertz CT molecular complexity index is 614. The first-order valence-corrected chi connectivity index (χ1v) is 5.00. The van der Waals surface area contributed by atoms with E-state index in [1.807, 2.05) is 6.07 Å². The van der Waals surface area contributed by atoms with Crippen molar-refractivity contribution in [1.29, 1.82) is 5.26 Å². The molecule has 2 aromatic rings. The van der Waals surface area contributed by atoms with Crippen LogP contribution in [-0.2, 0) is 0 Å². The summed E-state index contributed by atoms with van der Waals surface area (Å²) in [6.45, 7) is 0. The van der Waals surface area contributed by atoms with E-state index >= 15 is 0 Å². The van der Waals surface area contributed by atoms with Gasteiger partial charge in [-0.15, -0.1) is 0 Å². The Hall–Kier alpha value is -2.47. The molecule has 0 aliphatic heterocycles.